The number of hydrogen-bond acceptors (Lipinski definition) is 1. The predicted molar refractivity (Wildman–Crippen MR) is 57.3 cm³/mol. The third kappa shape index (κ3) is 3.41. The molecule has 74 valence electrons. The van der Waals surface area contributed by atoms with Crippen molar-refractivity contribution in [3.63, 3.8) is 0 Å². The van der Waals surface area contributed by atoms with E-state index in [-0.39, 0.29) is 5.02 Å². The van der Waals surface area contributed by atoms with Crippen molar-refractivity contribution in [1.29, 1.82) is 0 Å². The molecule has 0 spiro atoms. The van der Waals surface area contributed by atoms with Crippen LogP contribution in [0.1, 0.15) is 13.8 Å². The average Bonchev–Trinajstić information content (AvgIpc) is 2.15. The molecule has 1 N–H and O–H groups in total. The normalized spacial score (nSPS) is 8.77. The number of hydrogen-bond donors (Lipinski definition) is 1. The van der Waals surface area contributed by atoms with E-state index in [1.165, 1.54) is 12.1 Å². The highest BCUT2D eigenvalue weighted by molar-refractivity contribution is 6.36. The van der Waals surface area contributed by atoms with Gasteiger partial charge in [0.1, 0.15) is 5.82 Å². The van der Waals surface area contributed by atoms with Gasteiger partial charge in [0.15, 0.2) is 0 Å². The molecule has 1 aromatic carbocycles. The van der Waals surface area contributed by atoms with Crippen LogP contribution in [0.4, 0.5) is 10.1 Å². The first-order valence-corrected chi connectivity index (χ1v) is 4.73. The summed E-state index contributed by atoms with van der Waals surface area (Å²) in [5.74, 6) is -0.472. The highest BCUT2D eigenvalue weighted by atomic mass is 35.5. The van der Waals surface area contributed by atoms with Gasteiger partial charge >= 0.3 is 0 Å². The maximum Gasteiger partial charge on any atom is 0.143 e. The van der Waals surface area contributed by atoms with Crippen molar-refractivity contribution >= 4 is 28.9 Å². The monoisotopic (exact) mass is 223 g/mol. The number of nitrogens with one attached hydrogen (secondary N) is 1. The van der Waals surface area contributed by atoms with Crippen LogP contribution in [0.15, 0.2) is 12.1 Å². The molecule has 0 heterocycles. The van der Waals surface area contributed by atoms with E-state index in [4.69, 9.17) is 23.2 Å². The van der Waals surface area contributed by atoms with Crippen molar-refractivity contribution in [2.24, 2.45) is 0 Å². The summed E-state index contributed by atoms with van der Waals surface area (Å²) < 4.78 is 12.7. The lowest BCUT2D eigenvalue weighted by molar-refractivity contribution is 0.629. The highest BCUT2D eigenvalue weighted by Crippen LogP contribution is 2.27. The molecule has 0 aliphatic heterocycles. The fraction of sp³-hybridized carbons (Fsp3) is 0.333. The summed E-state index contributed by atoms with van der Waals surface area (Å²) in [7, 11) is 1.66. The van der Waals surface area contributed by atoms with Gasteiger partial charge < -0.3 is 5.32 Å². The molecular formula is C9H12Cl2FN. The second-order valence-electron chi connectivity index (χ2n) is 2.00. The smallest absolute Gasteiger partial charge is 0.143 e. The van der Waals surface area contributed by atoms with Crippen LogP contribution in [-0.2, 0) is 0 Å². The Morgan fingerprint density at radius 1 is 1.15 bits per heavy atom. The first-order valence-electron chi connectivity index (χ1n) is 3.97. The van der Waals surface area contributed by atoms with E-state index >= 15 is 0 Å². The summed E-state index contributed by atoms with van der Waals surface area (Å²) in [4.78, 5) is 0. The summed E-state index contributed by atoms with van der Waals surface area (Å²) in [5, 5.41) is 3.18. The molecule has 0 aliphatic rings. The molecule has 0 saturated heterocycles. The van der Waals surface area contributed by atoms with Gasteiger partial charge in [0.2, 0.25) is 0 Å². The van der Waals surface area contributed by atoms with Gasteiger partial charge in [-0.3, -0.25) is 0 Å². The molecule has 0 amide bonds. The Bertz CT molecular complexity index is 277. The highest BCUT2D eigenvalue weighted by Gasteiger charge is 2.04. The van der Waals surface area contributed by atoms with Crippen molar-refractivity contribution in [3.05, 3.63) is 28.0 Å². The molecule has 0 radical (unpaired) electrons. The molecule has 0 aliphatic carbocycles. The van der Waals surface area contributed by atoms with Gasteiger partial charge in [-0.15, -0.1) is 0 Å². The van der Waals surface area contributed by atoms with E-state index in [0.717, 1.165) is 0 Å². The van der Waals surface area contributed by atoms with Gasteiger partial charge in [0.05, 0.1) is 15.7 Å². The van der Waals surface area contributed by atoms with Crippen LogP contribution < -0.4 is 5.32 Å². The standard InChI is InChI=1S/C7H6Cl2FN.C2H6/c1-11-7-3-6(10)4(8)2-5(7)9;1-2/h2-3,11H,1H3;1-2H3. The summed E-state index contributed by atoms with van der Waals surface area (Å²) >= 11 is 11.1. The zero-order chi connectivity index (χ0) is 10.4. The van der Waals surface area contributed by atoms with E-state index in [1.54, 1.807) is 7.05 Å². The molecule has 0 saturated carbocycles. The molecule has 4 heteroatoms. The van der Waals surface area contributed by atoms with E-state index < -0.39 is 5.82 Å². The lowest BCUT2D eigenvalue weighted by atomic mass is 10.3. The molecule has 1 nitrogen and oxygen atoms in total. The Hall–Kier alpha value is -0.470. The maximum absolute atomic E-state index is 12.7. The fourth-order valence-electron chi connectivity index (χ4n) is 0.714. The third-order valence-corrected chi connectivity index (χ3v) is 1.88. The summed E-state index contributed by atoms with van der Waals surface area (Å²) in [6.07, 6.45) is 0. The summed E-state index contributed by atoms with van der Waals surface area (Å²) in [6, 6.07) is 2.62. The first kappa shape index (κ1) is 12.5. The lowest BCUT2D eigenvalue weighted by Crippen LogP contribution is -1.90. The Labute approximate surface area is 87.9 Å². The number of anilines is 1. The number of halogens is 3. The topological polar surface area (TPSA) is 12.0 Å². The minimum Gasteiger partial charge on any atom is -0.387 e. The van der Waals surface area contributed by atoms with E-state index in [0.29, 0.717) is 10.7 Å². The minimum atomic E-state index is -0.472. The van der Waals surface area contributed by atoms with E-state index in [2.05, 4.69) is 5.32 Å². The maximum atomic E-state index is 12.7. The van der Waals surface area contributed by atoms with Gasteiger partial charge in [-0.25, -0.2) is 4.39 Å². The Morgan fingerprint density at radius 3 is 2.15 bits per heavy atom. The van der Waals surface area contributed by atoms with E-state index in [9.17, 15) is 4.39 Å². The quantitative estimate of drug-likeness (QED) is 0.705. The Morgan fingerprint density at radius 2 is 1.69 bits per heavy atom. The second-order valence-corrected chi connectivity index (χ2v) is 2.81. The third-order valence-electron chi connectivity index (χ3n) is 1.28. The van der Waals surface area contributed by atoms with Crippen LogP contribution in [0.5, 0.6) is 0 Å². The molecular weight excluding hydrogens is 212 g/mol. The summed E-state index contributed by atoms with van der Waals surface area (Å²) in [5.41, 5.74) is 0.536. The number of benzene rings is 1. The summed E-state index contributed by atoms with van der Waals surface area (Å²) in [6.45, 7) is 4.00. The predicted octanol–water partition coefficient (Wildman–Crippen LogP) is 4.20. The van der Waals surface area contributed by atoms with Crippen LogP contribution in [0.2, 0.25) is 10.0 Å². The van der Waals surface area contributed by atoms with Gasteiger partial charge in [0.25, 0.3) is 0 Å². The van der Waals surface area contributed by atoms with Gasteiger partial charge in [-0.2, -0.15) is 0 Å². The van der Waals surface area contributed by atoms with Crippen LogP contribution in [0.3, 0.4) is 0 Å². The van der Waals surface area contributed by atoms with Crippen molar-refractivity contribution in [1.82, 2.24) is 0 Å². The average molecular weight is 224 g/mol. The Kier molecular flexibility index (Phi) is 5.84. The molecule has 0 fully saturated rings. The van der Waals surface area contributed by atoms with Gasteiger partial charge in [0, 0.05) is 13.1 Å². The molecule has 13 heavy (non-hydrogen) atoms. The lowest BCUT2D eigenvalue weighted by Gasteiger charge is -2.03. The van der Waals surface area contributed by atoms with Crippen molar-refractivity contribution in [3.8, 4) is 0 Å². The molecule has 1 rings (SSSR count). The van der Waals surface area contributed by atoms with Crippen LogP contribution in [0, 0.1) is 5.82 Å². The Balaban J connectivity index is 0.000000671. The van der Waals surface area contributed by atoms with Crippen molar-refractivity contribution in [2.75, 3.05) is 12.4 Å². The molecule has 0 bridgehead atoms. The van der Waals surface area contributed by atoms with Crippen molar-refractivity contribution < 1.29 is 4.39 Å². The second kappa shape index (κ2) is 6.06. The zero-order valence-electron chi connectivity index (χ0n) is 7.79. The minimum absolute atomic E-state index is 0.0361. The molecule has 0 unspecified atom stereocenters. The molecule has 0 aromatic heterocycles. The van der Waals surface area contributed by atoms with Crippen LogP contribution >= 0.6 is 23.2 Å². The molecule has 0 atom stereocenters. The van der Waals surface area contributed by atoms with Gasteiger partial charge in [-0.05, 0) is 6.07 Å². The van der Waals surface area contributed by atoms with Crippen LogP contribution in [0.25, 0.3) is 0 Å². The van der Waals surface area contributed by atoms with Crippen LogP contribution in [-0.4, -0.2) is 7.05 Å². The fourth-order valence-corrected chi connectivity index (χ4v) is 1.19. The largest absolute Gasteiger partial charge is 0.387 e. The first-order chi connectivity index (χ1) is 6.15. The van der Waals surface area contributed by atoms with Gasteiger partial charge in [-0.1, -0.05) is 37.0 Å². The van der Waals surface area contributed by atoms with Crippen molar-refractivity contribution in [2.45, 2.75) is 13.8 Å². The number of rotatable bonds is 1. The van der Waals surface area contributed by atoms with E-state index in [1.807, 2.05) is 13.8 Å². The molecule has 1 aromatic rings. The SMILES string of the molecule is CC.CNc1cc(F)c(Cl)cc1Cl. The zero-order valence-corrected chi connectivity index (χ0v) is 9.30.